The molecule has 1 aromatic carbocycles. The largest absolute Gasteiger partial charge is 0.497 e. The van der Waals surface area contributed by atoms with E-state index in [0.29, 0.717) is 19.0 Å². The van der Waals surface area contributed by atoms with Crippen molar-refractivity contribution in [3.8, 4) is 5.75 Å². The first-order valence-corrected chi connectivity index (χ1v) is 8.42. The van der Waals surface area contributed by atoms with Crippen molar-refractivity contribution in [2.45, 2.75) is 25.8 Å². The predicted octanol–water partition coefficient (Wildman–Crippen LogP) is 3.02. The SMILES string of the molecule is C=CCN(Cc1ccc(OC)cc1)C(=O)C1CC12CCNCC2.Cl. The molecule has 24 heavy (non-hydrogen) atoms. The molecule has 132 valence electrons. The smallest absolute Gasteiger partial charge is 0.226 e. The van der Waals surface area contributed by atoms with Gasteiger partial charge in [0.1, 0.15) is 5.75 Å². The van der Waals surface area contributed by atoms with Gasteiger partial charge >= 0.3 is 0 Å². The maximum atomic E-state index is 12.9. The molecular weight excluding hydrogens is 324 g/mol. The van der Waals surface area contributed by atoms with Crippen molar-refractivity contribution in [2.24, 2.45) is 11.3 Å². The number of hydrogen-bond acceptors (Lipinski definition) is 3. The topological polar surface area (TPSA) is 41.6 Å². The standard InChI is InChI=1S/C19H26N2O2.ClH/c1-3-12-21(14-15-4-6-16(23-2)7-5-15)18(22)17-13-19(17)8-10-20-11-9-19;/h3-7,17,20H,1,8-14H2,2H3;1H. The number of hydrogen-bond donors (Lipinski definition) is 1. The Balaban J connectivity index is 0.00000208. The molecule has 0 radical (unpaired) electrons. The molecule has 1 N–H and O–H groups in total. The Morgan fingerprint density at radius 2 is 2.04 bits per heavy atom. The first kappa shape index (κ1) is 18.8. The molecule has 4 nitrogen and oxygen atoms in total. The van der Waals surface area contributed by atoms with Gasteiger partial charge in [0.05, 0.1) is 7.11 Å². The van der Waals surface area contributed by atoms with Crippen molar-refractivity contribution in [2.75, 3.05) is 26.7 Å². The number of halogens is 1. The summed E-state index contributed by atoms with van der Waals surface area (Å²) in [4.78, 5) is 14.9. The summed E-state index contributed by atoms with van der Waals surface area (Å²) in [5, 5.41) is 3.39. The molecule has 5 heteroatoms. The van der Waals surface area contributed by atoms with Gasteiger partial charge in [0.25, 0.3) is 0 Å². The van der Waals surface area contributed by atoms with Crippen LogP contribution in [-0.2, 0) is 11.3 Å². The number of piperidine rings is 1. The zero-order valence-corrected chi connectivity index (χ0v) is 15.1. The third kappa shape index (κ3) is 3.93. The number of rotatable bonds is 6. The van der Waals surface area contributed by atoms with E-state index in [2.05, 4.69) is 11.9 Å². The Labute approximate surface area is 150 Å². The summed E-state index contributed by atoms with van der Waals surface area (Å²) in [6.07, 6.45) is 5.14. The molecule has 1 aliphatic heterocycles. The van der Waals surface area contributed by atoms with Crippen LogP contribution in [0.1, 0.15) is 24.8 Å². The van der Waals surface area contributed by atoms with Crippen LogP contribution in [0.4, 0.5) is 0 Å². The molecule has 1 unspecified atom stereocenters. The van der Waals surface area contributed by atoms with E-state index in [9.17, 15) is 4.79 Å². The van der Waals surface area contributed by atoms with Crippen molar-refractivity contribution in [1.29, 1.82) is 0 Å². The van der Waals surface area contributed by atoms with Crippen molar-refractivity contribution in [1.82, 2.24) is 10.2 Å². The number of nitrogens with one attached hydrogen (secondary N) is 1. The minimum Gasteiger partial charge on any atom is -0.497 e. The monoisotopic (exact) mass is 350 g/mol. The lowest BCUT2D eigenvalue weighted by molar-refractivity contribution is -0.133. The van der Waals surface area contributed by atoms with Crippen LogP contribution in [-0.4, -0.2) is 37.6 Å². The summed E-state index contributed by atoms with van der Waals surface area (Å²) in [6.45, 7) is 7.15. The fourth-order valence-electron chi connectivity index (χ4n) is 3.73. The summed E-state index contributed by atoms with van der Waals surface area (Å²) >= 11 is 0. The molecule has 0 bridgehead atoms. The fourth-order valence-corrected chi connectivity index (χ4v) is 3.73. The zero-order chi connectivity index (χ0) is 16.3. The summed E-state index contributed by atoms with van der Waals surface area (Å²) in [6, 6.07) is 7.93. The summed E-state index contributed by atoms with van der Waals surface area (Å²) < 4.78 is 5.19. The number of amides is 1. The van der Waals surface area contributed by atoms with Gasteiger partial charge in [-0.15, -0.1) is 19.0 Å². The van der Waals surface area contributed by atoms with Gasteiger partial charge in [-0.25, -0.2) is 0 Å². The van der Waals surface area contributed by atoms with E-state index in [4.69, 9.17) is 4.74 Å². The molecule has 1 aliphatic carbocycles. The van der Waals surface area contributed by atoms with E-state index in [-0.39, 0.29) is 23.7 Å². The van der Waals surface area contributed by atoms with Gasteiger partial charge in [-0.05, 0) is 55.5 Å². The highest BCUT2D eigenvalue weighted by Gasteiger charge is 2.58. The van der Waals surface area contributed by atoms with Crippen LogP contribution in [0.5, 0.6) is 5.75 Å². The van der Waals surface area contributed by atoms with Crippen LogP contribution in [0.3, 0.4) is 0 Å². The Bertz CT molecular complexity index is 567. The van der Waals surface area contributed by atoms with Gasteiger partial charge in [-0.3, -0.25) is 4.79 Å². The third-order valence-electron chi connectivity index (χ3n) is 5.28. The quantitative estimate of drug-likeness (QED) is 0.802. The van der Waals surface area contributed by atoms with E-state index >= 15 is 0 Å². The van der Waals surface area contributed by atoms with Crippen LogP contribution in [0, 0.1) is 11.3 Å². The average Bonchev–Trinajstić information content (AvgIpc) is 3.28. The zero-order valence-electron chi connectivity index (χ0n) is 14.3. The molecule has 3 rings (SSSR count). The van der Waals surface area contributed by atoms with Crippen molar-refractivity contribution < 1.29 is 9.53 Å². The molecule has 1 aromatic rings. The van der Waals surface area contributed by atoms with Gasteiger partial charge in [0.2, 0.25) is 5.91 Å². The number of carbonyl (C=O) groups is 1. The van der Waals surface area contributed by atoms with Crippen LogP contribution >= 0.6 is 12.4 Å². The van der Waals surface area contributed by atoms with E-state index in [1.807, 2.05) is 35.2 Å². The molecule has 1 saturated carbocycles. The molecule has 1 amide bonds. The summed E-state index contributed by atoms with van der Waals surface area (Å²) in [5.41, 5.74) is 1.41. The predicted molar refractivity (Wildman–Crippen MR) is 98.5 cm³/mol. The number of nitrogens with zero attached hydrogens (tertiary/aromatic N) is 1. The maximum absolute atomic E-state index is 12.9. The van der Waals surface area contributed by atoms with Crippen LogP contribution in [0.25, 0.3) is 0 Å². The molecule has 1 atom stereocenters. The van der Waals surface area contributed by atoms with E-state index in [1.54, 1.807) is 7.11 Å². The maximum Gasteiger partial charge on any atom is 0.226 e. The number of benzene rings is 1. The van der Waals surface area contributed by atoms with Crippen molar-refractivity contribution in [3.63, 3.8) is 0 Å². The lowest BCUT2D eigenvalue weighted by atomic mass is 9.91. The van der Waals surface area contributed by atoms with E-state index in [1.165, 1.54) is 0 Å². The van der Waals surface area contributed by atoms with Crippen LogP contribution in [0.15, 0.2) is 36.9 Å². The van der Waals surface area contributed by atoms with Gasteiger partial charge in [0, 0.05) is 19.0 Å². The molecule has 1 heterocycles. The first-order chi connectivity index (χ1) is 11.2. The fraction of sp³-hybridized carbons (Fsp3) is 0.526. The third-order valence-corrected chi connectivity index (χ3v) is 5.28. The second kappa shape index (κ2) is 8.04. The van der Waals surface area contributed by atoms with Gasteiger partial charge in [-0.1, -0.05) is 18.2 Å². The Kier molecular flexibility index (Phi) is 6.30. The molecule has 2 fully saturated rings. The summed E-state index contributed by atoms with van der Waals surface area (Å²) in [7, 11) is 1.66. The lowest BCUT2D eigenvalue weighted by Crippen LogP contribution is -2.36. The van der Waals surface area contributed by atoms with E-state index < -0.39 is 0 Å². The molecule has 2 aliphatic rings. The number of carbonyl (C=O) groups excluding carboxylic acids is 1. The Hall–Kier alpha value is -1.52. The van der Waals surface area contributed by atoms with Crippen LogP contribution < -0.4 is 10.1 Å². The molecule has 0 aromatic heterocycles. The Morgan fingerprint density at radius 3 is 2.62 bits per heavy atom. The number of ether oxygens (including phenoxy) is 1. The number of methoxy groups -OCH3 is 1. The normalized spacial score (nSPS) is 20.8. The van der Waals surface area contributed by atoms with E-state index in [0.717, 1.165) is 43.7 Å². The highest BCUT2D eigenvalue weighted by molar-refractivity contribution is 5.85. The van der Waals surface area contributed by atoms with Gasteiger partial charge in [0.15, 0.2) is 0 Å². The van der Waals surface area contributed by atoms with Crippen molar-refractivity contribution in [3.05, 3.63) is 42.5 Å². The van der Waals surface area contributed by atoms with Crippen molar-refractivity contribution >= 4 is 18.3 Å². The molecular formula is C19H27ClN2O2. The minimum atomic E-state index is 0. The lowest BCUT2D eigenvalue weighted by Gasteiger charge is -2.26. The van der Waals surface area contributed by atoms with Gasteiger partial charge in [-0.2, -0.15) is 0 Å². The van der Waals surface area contributed by atoms with Crippen LogP contribution in [0.2, 0.25) is 0 Å². The Morgan fingerprint density at radius 1 is 1.38 bits per heavy atom. The second-order valence-electron chi connectivity index (χ2n) is 6.72. The highest BCUT2D eigenvalue weighted by Crippen LogP contribution is 2.59. The highest BCUT2D eigenvalue weighted by atomic mass is 35.5. The van der Waals surface area contributed by atoms with Gasteiger partial charge < -0.3 is 15.0 Å². The first-order valence-electron chi connectivity index (χ1n) is 8.42. The molecule has 1 spiro atoms. The second-order valence-corrected chi connectivity index (χ2v) is 6.72. The minimum absolute atomic E-state index is 0. The molecule has 1 saturated heterocycles. The average molecular weight is 351 g/mol. The summed E-state index contributed by atoms with van der Waals surface area (Å²) in [5.74, 6) is 1.34.